The molecule has 2 nitrogen and oxygen atoms in total. The predicted molar refractivity (Wildman–Crippen MR) is 53.9 cm³/mol. The molecule has 0 unspecified atom stereocenters. The van der Waals surface area contributed by atoms with E-state index in [1.807, 2.05) is 0 Å². The molecule has 4 heteroatoms. The summed E-state index contributed by atoms with van der Waals surface area (Å²) < 4.78 is 31.0. The van der Waals surface area contributed by atoms with Gasteiger partial charge in [0.2, 0.25) is 5.92 Å². The van der Waals surface area contributed by atoms with Crippen molar-refractivity contribution in [2.75, 3.05) is 26.3 Å². The van der Waals surface area contributed by atoms with E-state index in [1.165, 1.54) is 5.57 Å². The largest absolute Gasteiger partial charge is 0.378 e. The van der Waals surface area contributed by atoms with Crippen LogP contribution in [0.1, 0.15) is 25.7 Å². The van der Waals surface area contributed by atoms with Gasteiger partial charge in [0.05, 0.1) is 13.2 Å². The second-order valence-electron chi connectivity index (χ2n) is 4.29. The maximum atomic E-state index is 12.9. The Hall–Kier alpha value is -0.640. The Morgan fingerprint density at radius 2 is 1.73 bits per heavy atom. The Bertz CT molecular complexity index is 235. The lowest BCUT2D eigenvalue weighted by atomic mass is 9.92. The summed E-state index contributed by atoms with van der Waals surface area (Å²) >= 11 is 0. The molecule has 0 aromatic carbocycles. The highest BCUT2D eigenvalue weighted by Gasteiger charge is 2.32. The highest BCUT2D eigenvalue weighted by atomic mass is 19.3. The van der Waals surface area contributed by atoms with Gasteiger partial charge in [0.15, 0.2) is 0 Å². The number of morpholine rings is 1. The third-order valence-corrected chi connectivity index (χ3v) is 3.03. The molecule has 1 aliphatic carbocycles. The van der Waals surface area contributed by atoms with Gasteiger partial charge in [-0.15, -0.1) is 0 Å². The summed E-state index contributed by atoms with van der Waals surface area (Å²) in [6.45, 7) is 3.28. The Kier molecular flexibility index (Phi) is 3.24. The quantitative estimate of drug-likeness (QED) is 0.668. The summed E-state index contributed by atoms with van der Waals surface area (Å²) in [5, 5.41) is 0. The van der Waals surface area contributed by atoms with E-state index in [-0.39, 0.29) is 12.8 Å². The lowest BCUT2D eigenvalue weighted by Crippen LogP contribution is -2.33. The van der Waals surface area contributed by atoms with Crippen molar-refractivity contribution in [3.8, 4) is 0 Å². The molecular formula is C11H17F2NO. The second kappa shape index (κ2) is 4.47. The van der Waals surface area contributed by atoms with E-state index in [2.05, 4.69) is 11.1 Å². The molecule has 0 radical (unpaired) electrons. The molecule has 86 valence electrons. The average Bonchev–Trinajstić information content (AvgIpc) is 2.23. The topological polar surface area (TPSA) is 12.5 Å². The number of rotatable bonds is 1. The third kappa shape index (κ3) is 3.16. The van der Waals surface area contributed by atoms with Gasteiger partial charge in [-0.25, -0.2) is 8.78 Å². The molecule has 0 bridgehead atoms. The van der Waals surface area contributed by atoms with Gasteiger partial charge < -0.3 is 9.64 Å². The van der Waals surface area contributed by atoms with Gasteiger partial charge >= 0.3 is 0 Å². The highest BCUT2D eigenvalue weighted by molar-refractivity contribution is 5.06. The standard InChI is InChI=1S/C11H17F2NO/c12-11(13)3-1-10(2-4-11)9-14-5-7-15-8-6-14/h9H,1-8H2. The van der Waals surface area contributed by atoms with Crippen molar-refractivity contribution in [3.63, 3.8) is 0 Å². The van der Waals surface area contributed by atoms with Crippen LogP contribution < -0.4 is 0 Å². The van der Waals surface area contributed by atoms with Gasteiger partial charge in [-0.3, -0.25) is 0 Å². The number of hydrogen-bond acceptors (Lipinski definition) is 2. The molecule has 0 atom stereocenters. The van der Waals surface area contributed by atoms with Crippen LogP contribution in [-0.4, -0.2) is 37.1 Å². The van der Waals surface area contributed by atoms with E-state index in [1.54, 1.807) is 0 Å². The second-order valence-corrected chi connectivity index (χ2v) is 4.29. The van der Waals surface area contributed by atoms with Gasteiger partial charge in [0, 0.05) is 25.9 Å². The Labute approximate surface area is 88.9 Å². The van der Waals surface area contributed by atoms with Crippen molar-refractivity contribution in [1.82, 2.24) is 4.90 Å². The summed E-state index contributed by atoms with van der Waals surface area (Å²) in [5.74, 6) is -2.43. The van der Waals surface area contributed by atoms with Gasteiger partial charge in [0.1, 0.15) is 0 Å². The molecule has 1 saturated carbocycles. The lowest BCUT2D eigenvalue weighted by molar-refractivity contribution is -0.0251. The fraction of sp³-hybridized carbons (Fsp3) is 0.818. The minimum atomic E-state index is -2.43. The first-order chi connectivity index (χ1) is 7.16. The summed E-state index contributed by atoms with van der Waals surface area (Å²) in [6, 6.07) is 0. The van der Waals surface area contributed by atoms with Gasteiger partial charge in [-0.1, -0.05) is 5.57 Å². The molecule has 2 rings (SSSR count). The SMILES string of the molecule is FC1(F)CCC(=CN2CCOCC2)CC1. The number of hydrogen-bond donors (Lipinski definition) is 0. The monoisotopic (exact) mass is 217 g/mol. The van der Waals surface area contributed by atoms with Crippen molar-refractivity contribution in [1.29, 1.82) is 0 Å². The number of ether oxygens (including phenoxy) is 1. The van der Waals surface area contributed by atoms with E-state index in [0.29, 0.717) is 12.8 Å². The minimum absolute atomic E-state index is 0.0170. The van der Waals surface area contributed by atoms with Gasteiger partial charge in [-0.2, -0.15) is 0 Å². The smallest absolute Gasteiger partial charge is 0.248 e. The van der Waals surface area contributed by atoms with Crippen LogP contribution in [0.15, 0.2) is 11.8 Å². The zero-order valence-electron chi connectivity index (χ0n) is 8.85. The summed E-state index contributed by atoms with van der Waals surface area (Å²) in [5.41, 5.74) is 1.17. The number of nitrogens with zero attached hydrogens (tertiary/aromatic N) is 1. The molecule has 15 heavy (non-hydrogen) atoms. The zero-order chi connectivity index (χ0) is 10.7. The molecule has 0 spiro atoms. The van der Waals surface area contributed by atoms with Crippen LogP contribution in [0, 0.1) is 0 Å². The molecule has 1 saturated heterocycles. The van der Waals surface area contributed by atoms with Crippen LogP contribution in [0.2, 0.25) is 0 Å². The lowest BCUT2D eigenvalue weighted by Gasteiger charge is -2.29. The number of allylic oxidation sites excluding steroid dienone is 1. The van der Waals surface area contributed by atoms with E-state index in [9.17, 15) is 8.78 Å². The summed E-state index contributed by atoms with van der Waals surface area (Å²) in [4.78, 5) is 2.18. The van der Waals surface area contributed by atoms with E-state index in [4.69, 9.17) is 4.74 Å². The maximum absolute atomic E-state index is 12.9. The Morgan fingerprint density at radius 1 is 1.13 bits per heavy atom. The third-order valence-electron chi connectivity index (χ3n) is 3.03. The first-order valence-electron chi connectivity index (χ1n) is 5.55. The van der Waals surface area contributed by atoms with Crippen LogP contribution in [-0.2, 0) is 4.74 Å². The zero-order valence-corrected chi connectivity index (χ0v) is 8.85. The fourth-order valence-corrected chi connectivity index (χ4v) is 2.03. The average molecular weight is 217 g/mol. The van der Waals surface area contributed by atoms with Gasteiger partial charge in [0.25, 0.3) is 0 Å². The molecule has 1 aliphatic heterocycles. The molecule has 0 aromatic heterocycles. The van der Waals surface area contributed by atoms with E-state index >= 15 is 0 Å². The number of halogens is 2. The van der Waals surface area contributed by atoms with Crippen molar-refractivity contribution in [2.45, 2.75) is 31.6 Å². The minimum Gasteiger partial charge on any atom is -0.378 e. The number of alkyl halides is 2. The van der Waals surface area contributed by atoms with E-state index in [0.717, 1.165) is 26.3 Å². The molecule has 0 aromatic rings. The van der Waals surface area contributed by atoms with Crippen LogP contribution in [0.25, 0.3) is 0 Å². The summed E-state index contributed by atoms with van der Waals surface area (Å²) in [6.07, 6.45) is 3.19. The first kappa shape index (κ1) is 10.9. The normalized spacial score (nSPS) is 26.5. The van der Waals surface area contributed by atoms with Crippen molar-refractivity contribution >= 4 is 0 Å². The van der Waals surface area contributed by atoms with Crippen molar-refractivity contribution < 1.29 is 13.5 Å². The van der Waals surface area contributed by atoms with E-state index < -0.39 is 5.92 Å². The van der Waals surface area contributed by atoms with Crippen molar-refractivity contribution in [2.24, 2.45) is 0 Å². The Morgan fingerprint density at radius 3 is 2.33 bits per heavy atom. The van der Waals surface area contributed by atoms with Crippen molar-refractivity contribution in [3.05, 3.63) is 11.8 Å². The first-order valence-corrected chi connectivity index (χ1v) is 5.55. The molecule has 0 amide bonds. The molecule has 2 aliphatic rings. The van der Waals surface area contributed by atoms with Crippen LogP contribution in [0.5, 0.6) is 0 Å². The Balaban J connectivity index is 1.86. The fourth-order valence-electron chi connectivity index (χ4n) is 2.03. The van der Waals surface area contributed by atoms with Gasteiger partial charge in [-0.05, 0) is 19.0 Å². The van der Waals surface area contributed by atoms with Crippen LogP contribution in [0.4, 0.5) is 8.78 Å². The summed E-state index contributed by atoms with van der Waals surface area (Å²) in [7, 11) is 0. The molecular weight excluding hydrogens is 200 g/mol. The molecule has 1 heterocycles. The maximum Gasteiger partial charge on any atom is 0.248 e. The predicted octanol–water partition coefficient (Wildman–Crippen LogP) is 2.41. The van der Waals surface area contributed by atoms with Crippen LogP contribution >= 0.6 is 0 Å². The molecule has 0 N–H and O–H groups in total. The molecule has 2 fully saturated rings. The highest BCUT2D eigenvalue weighted by Crippen LogP contribution is 2.35. The van der Waals surface area contributed by atoms with Crippen LogP contribution in [0.3, 0.4) is 0 Å².